The van der Waals surface area contributed by atoms with Crippen LogP contribution < -0.4 is 10.2 Å². The second kappa shape index (κ2) is 8.39. The van der Waals surface area contributed by atoms with Crippen molar-refractivity contribution in [2.75, 3.05) is 7.11 Å². The van der Waals surface area contributed by atoms with Crippen LogP contribution >= 0.6 is 0 Å². The molecule has 0 aliphatic carbocycles. The van der Waals surface area contributed by atoms with Gasteiger partial charge in [0.1, 0.15) is 5.75 Å². The molecule has 0 saturated heterocycles. The lowest BCUT2D eigenvalue weighted by Gasteiger charge is -2.05. The molecule has 1 heterocycles. The summed E-state index contributed by atoms with van der Waals surface area (Å²) in [4.78, 5) is 12.6. The van der Waals surface area contributed by atoms with Gasteiger partial charge in [0, 0.05) is 5.56 Å². The Morgan fingerprint density at radius 3 is 2.55 bits per heavy atom. The minimum Gasteiger partial charge on any atom is -0.496 e. The van der Waals surface area contributed by atoms with Gasteiger partial charge in [-0.15, -0.1) is 0 Å². The normalized spacial score (nSPS) is 11.9. The van der Waals surface area contributed by atoms with Crippen molar-refractivity contribution in [2.45, 2.75) is 6.92 Å². The number of hydrogen-bond donors (Lipinski definition) is 2. The highest BCUT2D eigenvalue weighted by Gasteiger charge is 2.09. The molecule has 144 valence electrons. The number of aryl methyl sites for hydroxylation is 1. The number of aromatic amines is 1. The number of rotatable bonds is 5. The predicted octanol–water partition coefficient (Wildman–Crippen LogP) is 4.58. The SMILES string of the molecule is COc1ccccc1/C=N/NC(=Nc1ccc(C)cc1)c1nc2ccccc2[nH]1. The summed E-state index contributed by atoms with van der Waals surface area (Å²) in [6.07, 6.45) is 1.70. The number of aliphatic imine (C=N–C) groups is 1. The van der Waals surface area contributed by atoms with E-state index in [0.29, 0.717) is 11.7 Å². The number of hydrogen-bond acceptors (Lipinski definition) is 4. The van der Waals surface area contributed by atoms with Crippen LogP contribution in [-0.2, 0) is 0 Å². The molecule has 29 heavy (non-hydrogen) atoms. The highest BCUT2D eigenvalue weighted by molar-refractivity contribution is 6.00. The van der Waals surface area contributed by atoms with Gasteiger partial charge in [-0.1, -0.05) is 42.0 Å². The molecule has 0 spiro atoms. The van der Waals surface area contributed by atoms with E-state index in [1.165, 1.54) is 5.56 Å². The molecule has 0 bridgehead atoms. The number of ether oxygens (including phenoxy) is 1. The third kappa shape index (κ3) is 4.32. The van der Waals surface area contributed by atoms with E-state index in [1.54, 1.807) is 13.3 Å². The highest BCUT2D eigenvalue weighted by atomic mass is 16.5. The van der Waals surface area contributed by atoms with Crippen molar-refractivity contribution in [3.63, 3.8) is 0 Å². The Bertz CT molecular complexity index is 1140. The van der Waals surface area contributed by atoms with E-state index in [-0.39, 0.29) is 0 Å². The molecule has 4 rings (SSSR count). The van der Waals surface area contributed by atoms with E-state index in [1.807, 2.05) is 79.7 Å². The first-order chi connectivity index (χ1) is 14.2. The van der Waals surface area contributed by atoms with Crippen LogP contribution in [0.25, 0.3) is 11.0 Å². The smallest absolute Gasteiger partial charge is 0.190 e. The van der Waals surface area contributed by atoms with Gasteiger partial charge in [0.2, 0.25) is 0 Å². The number of benzene rings is 3. The molecule has 1 aromatic heterocycles. The first kappa shape index (κ1) is 18.4. The molecule has 0 saturated carbocycles. The Morgan fingerprint density at radius 1 is 1.00 bits per heavy atom. The molecule has 0 radical (unpaired) electrons. The van der Waals surface area contributed by atoms with Crippen LogP contribution in [0.4, 0.5) is 5.69 Å². The Morgan fingerprint density at radius 2 is 1.76 bits per heavy atom. The molecular formula is C23H21N5O. The lowest BCUT2D eigenvalue weighted by Crippen LogP contribution is -2.20. The van der Waals surface area contributed by atoms with Crippen molar-refractivity contribution in [2.24, 2.45) is 10.1 Å². The van der Waals surface area contributed by atoms with Crippen molar-refractivity contribution in [3.8, 4) is 5.75 Å². The van der Waals surface area contributed by atoms with E-state index in [4.69, 9.17) is 9.73 Å². The first-order valence-electron chi connectivity index (χ1n) is 9.25. The highest BCUT2D eigenvalue weighted by Crippen LogP contribution is 2.17. The second-order valence-electron chi connectivity index (χ2n) is 6.51. The second-order valence-corrected chi connectivity index (χ2v) is 6.51. The van der Waals surface area contributed by atoms with E-state index in [9.17, 15) is 0 Å². The quantitative estimate of drug-likeness (QED) is 0.301. The molecule has 0 unspecified atom stereocenters. The van der Waals surface area contributed by atoms with Gasteiger partial charge in [0.15, 0.2) is 11.7 Å². The van der Waals surface area contributed by atoms with Crippen molar-refractivity contribution < 1.29 is 4.74 Å². The van der Waals surface area contributed by atoms with Gasteiger partial charge < -0.3 is 9.72 Å². The van der Waals surface area contributed by atoms with Crippen molar-refractivity contribution in [1.29, 1.82) is 0 Å². The molecule has 6 nitrogen and oxygen atoms in total. The van der Waals surface area contributed by atoms with Crippen molar-refractivity contribution in [1.82, 2.24) is 15.4 Å². The van der Waals surface area contributed by atoms with E-state index in [2.05, 4.69) is 20.5 Å². The molecular weight excluding hydrogens is 362 g/mol. The maximum absolute atomic E-state index is 5.37. The first-order valence-corrected chi connectivity index (χ1v) is 9.25. The average molecular weight is 383 g/mol. The van der Waals surface area contributed by atoms with Gasteiger partial charge in [0.25, 0.3) is 0 Å². The Balaban J connectivity index is 1.68. The zero-order valence-corrected chi connectivity index (χ0v) is 16.3. The Kier molecular flexibility index (Phi) is 5.33. The maximum atomic E-state index is 5.37. The molecule has 0 amide bonds. The number of methoxy groups -OCH3 is 1. The molecule has 0 atom stereocenters. The fourth-order valence-corrected chi connectivity index (χ4v) is 2.88. The number of hydrazone groups is 1. The molecule has 0 aliphatic heterocycles. The predicted molar refractivity (Wildman–Crippen MR) is 117 cm³/mol. The van der Waals surface area contributed by atoms with Gasteiger partial charge >= 0.3 is 0 Å². The van der Waals surface area contributed by atoms with Gasteiger partial charge in [0.05, 0.1) is 30.0 Å². The van der Waals surface area contributed by atoms with Gasteiger partial charge in [-0.25, -0.2) is 9.98 Å². The number of amidine groups is 1. The third-order valence-electron chi connectivity index (χ3n) is 4.40. The number of nitrogens with zero attached hydrogens (tertiary/aromatic N) is 3. The lowest BCUT2D eigenvalue weighted by atomic mass is 10.2. The van der Waals surface area contributed by atoms with E-state index < -0.39 is 0 Å². The van der Waals surface area contributed by atoms with Crippen LogP contribution in [-0.4, -0.2) is 29.1 Å². The summed E-state index contributed by atoms with van der Waals surface area (Å²) < 4.78 is 5.37. The standard InChI is InChI=1S/C23H21N5O/c1-16-11-13-18(14-12-16)25-23(22-26-19-8-4-5-9-20(19)27-22)28-24-15-17-7-3-6-10-21(17)29-2/h3-15H,1-2H3,(H,25,28)(H,26,27)/b24-15+. The topological polar surface area (TPSA) is 74.7 Å². The van der Waals surface area contributed by atoms with Crippen LogP contribution in [0.15, 0.2) is 82.9 Å². The summed E-state index contributed by atoms with van der Waals surface area (Å²) in [7, 11) is 1.64. The Hall–Kier alpha value is -3.93. The number of nitrogens with one attached hydrogen (secondary N) is 2. The van der Waals surface area contributed by atoms with Crippen LogP contribution in [0.2, 0.25) is 0 Å². The van der Waals surface area contributed by atoms with Crippen LogP contribution in [0.1, 0.15) is 17.0 Å². The maximum Gasteiger partial charge on any atom is 0.190 e. The monoisotopic (exact) mass is 383 g/mol. The average Bonchev–Trinajstić information content (AvgIpc) is 3.19. The number of aromatic nitrogens is 2. The minimum atomic E-state index is 0.524. The van der Waals surface area contributed by atoms with Crippen molar-refractivity contribution in [3.05, 3.63) is 89.7 Å². The number of imidazole rings is 1. The van der Waals surface area contributed by atoms with Gasteiger partial charge in [-0.05, 0) is 43.3 Å². The summed E-state index contributed by atoms with van der Waals surface area (Å²) in [6.45, 7) is 2.05. The van der Waals surface area contributed by atoms with Gasteiger partial charge in [-0.3, -0.25) is 5.43 Å². The van der Waals surface area contributed by atoms with Gasteiger partial charge in [-0.2, -0.15) is 5.10 Å². The van der Waals surface area contributed by atoms with E-state index in [0.717, 1.165) is 28.0 Å². The van der Waals surface area contributed by atoms with Crippen LogP contribution in [0, 0.1) is 6.92 Å². The van der Waals surface area contributed by atoms with E-state index >= 15 is 0 Å². The summed E-state index contributed by atoms with van der Waals surface area (Å²) in [6, 6.07) is 23.5. The van der Waals surface area contributed by atoms with Crippen LogP contribution in [0.5, 0.6) is 5.75 Å². The zero-order chi connectivity index (χ0) is 20.1. The summed E-state index contributed by atoms with van der Waals surface area (Å²) >= 11 is 0. The molecule has 0 fully saturated rings. The molecule has 6 heteroatoms. The third-order valence-corrected chi connectivity index (χ3v) is 4.40. The fraction of sp³-hybridized carbons (Fsp3) is 0.0870. The summed E-state index contributed by atoms with van der Waals surface area (Å²) in [5.41, 5.74) is 7.69. The minimum absolute atomic E-state index is 0.524. The molecule has 3 aromatic carbocycles. The zero-order valence-electron chi connectivity index (χ0n) is 16.3. The molecule has 0 aliphatic rings. The van der Waals surface area contributed by atoms with Crippen LogP contribution in [0.3, 0.4) is 0 Å². The lowest BCUT2D eigenvalue weighted by molar-refractivity contribution is 0.414. The fourth-order valence-electron chi connectivity index (χ4n) is 2.88. The number of H-pyrrole nitrogens is 1. The van der Waals surface area contributed by atoms with Crippen molar-refractivity contribution >= 4 is 28.8 Å². The number of fused-ring (bicyclic) bond motifs is 1. The molecule has 2 N–H and O–H groups in total. The molecule has 4 aromatic rings. The number of para-hydroxylation sites is 3. The summed E-state index contributed by atoms with van der Waals surface area (Å²) in [5.74, 6) is 1.89. The summed E-state index contributed by atoms with van der Waals surface area (Å²) in [5, 5.41) is 4.37. The largest absolute Gasteiger partial charge is 0.496 e. The Labute approximate surface area is 169 Å².